The monoisotopic (exact) mass is 446 g/mol. The van der Waals surface area contributed by atoms with Crippen LogP contribution < -0.4 is 10.1 Å². The summed E-state index contributed by atoms with van der Waals surface area (Å²) in [5.41, 5.74) is 0.766. The maximum atomic E-state index is 13.9. The second-order valence-corrected chi connectivity index (χ2v) is 9.55. The minimum absolute atomic E-state index is 0.0252. The first kappa shape index (κ1) is 23.2. The van der Waals surface area contributed by atoms with Crippen LogP contribution in [0.5, 0.6) is 5.75 Å². The highest BCUT2D eigenvalue weighted by atomic mass is 32.2. The van der Waals surface area contributed by atoms with Crippen LogP contribution in [0.4, 0.5) is 4.39 Å². The number of hydrogen-bond acceptors (Lipinski definition) is 5. The number of rotatable bonds is 4. The molecule has 0 fully saturated rings. The third-order valence-corrected chi connectivity index (χ3v) is 7.31. The Hall–Kier alpha value is -2.44. The summed E-state index contributed by atoms with van der Waals surface area (Å²) in [6, 6.07) is 10.2. The van der Waals surface area contributed by atoms with E-state index in [9.17, 15) is 17.9 Å². The molecule has 1 heterocycles. The summed E-state index contributed by atoms with van der Waals surface area (Å²) < 4.78 is 48.0. The van der Waals surface area contributed by atoms with Gasteiger partial charge in [0.25, 0.3) is 0 Å². The van der Waals surface area contributed by atoms with Gasteiger partial charge in [0.2, 0.25) is 10.0 Å². The predicted molar refractivity (Wildman–Crippen MR) is 117 cm³/mol. The van der Waals surface area contributed by atoms with Gasteiger partial charge in [0.15, 0.2) is 0 Å². The second kappa shape index (κ2) is 9.79. The highest BCUT2D eigenvalue weighted by molar-refractivity contribution is 7.89. The summed E-state index contributed by atoms with van der Waals surface area (Å²) in [5.74, 6) is 5.31. The highest BCUT2D eigenvalue weighted by Crippen LogP contribution is 2.33. The van der Waals surface area contributed by atoms with Crippen molar-refractivity contribution in [1.29, 1.82) is 0 Å². The van der Waals surface area contributed by atoms with Crippen molar-refractivity contribution in [3.05, 3.63) is 59.4 Å². The lowest BCUT2D eigenvalue weighted by molar-refractivity contribution is 0.103. The lowest BCUT2D eigenvalue weighted by Crippen LogP contribution is -2.49. The van der Waals surface area contributed by atoms with Gasteiger partial charge in [-0.1, -0.05) is 30.9 Å². The Kier molecular flexibility index (Phi) is 7.34. The quantitative estimate of drug-likeness (QED) is 0.704. The van der Waals surface area contributed by atoms with Gasteiger partial charge in [-0.05, 0) is 44.3 Å². The molecule has 1 aliphatic rings. The third-order valence-electron chi connectivity index (χ3n) is 5.29. The number of nitrogens with zero attached hydrogens (tertiary/aromatic N) is 1. The molecule has 0 spiro atoms. The summed E-state index contributed by atoms with van der Waals surface area (Å²) in [7, 11) is -2.09. The van der Waals surface area contributed by atoms with Crippen molar-refractivity contribution in [2.75, 3.05) is 26.7 Å². The van der Waals surface area contributed by atoms with Gasteiger partial charge in [0.1, 0.15) is 22.6 Å². The molecule has 0 unspecified atom stereocenters. The Morgan fingerprint density at radius 1 is 1.29 bits per heavy atom. The zero-order valence-corrected chi connectivity index (χ0v) is 18.6. The van der Waals surface area contributed by atoms with E-state index in [-0.39, 0.29) is 41.4 Å². The van der Waals surface area contributed by atoms with Crippen molar-refractivity contribution in [3.63, 3.8) is 0 Å². The molecule has 2 aromatic carbocycles. The summed E-state index contributed by atoms with van der Waals surface area (Å²) >= 11 is 0. The highest BCUT2D eigenvalue weighted by Gasteiger charge is 2.37. The van der Waals surface area contributed by atoms with Crippen molar-refractivity contribution in [3.8, 4) is 17.6 Å². The van der Waals surface area contributed by atoms with Crippen molar-refractivity contribution in [1.82, 2.24) is 9.62 Å². The molecule has 6 nitrogen and oxygen atoms in total. The van der Waals surface area contributed by atoms with Crippen molar-refractivity contribution >= 4 is 10.0 Å². The van der Waals surface area contributed by atoms with E-state index in [1.54, 1.807) is 44.3 Å². The Balaban J connectivity index is 2.08. The predicted octanol–water partition coefficient (Wildman–Crippen LogP) is 2.21. The number of nitrogens with one attached hydrogen (secondary N) is 1. The number of aliphatic hydroxyl groups excluding tert-OH is 1. The summed E-state index contributed by atoms with van der Waals surface area (Å²) in [5, 5.41) is 12.7. The standard InChI is InChI=1S/C23H27FN2O4S/c1-16-14-26(17(2)15-27)31(28,29)23-11-9-18(12-21(23)30-22(16)13-25-3)8-10-19-6-4-5-7-20(19)24/h4-7,9,11-12,16-17,22,25,27H,13-15H2,1-3H3/t16-,17-,22+/m1/s1. The fourth-order valence-electron chi connectivity index (χ4n) is 3.45. The van der Waals surface area contributed by atoms with Crippen LogP contribution >= 0.6 is 0 Å². The Morgan fingerprint density at radius 2 is 2.03 bits per heavy atom. The van der Waals surface area contributed by atoms with E-state index in [1.807, 2.05) is 6.92 Å². The lowest BCUT2D eigenvalue weighted by Gasteiger charge is -2.36. The smallest absolute Gasteiger partial charge is 0.247 e. The molecule has 0 amide bonds. The maximum absolute atomic E-state index is 13.9. The zero-order chi connectivity index (χ0) is 22.6. The fraction of sp³-hybridized carbons (Fsp3) is 0.391. The molecule has 2 N–H and O–H groups in total. The van der Waals surface area contributed by atoms with Gasteiger partial charge in [-0.25, -0.2) is 12.8 Å². The first-order valence-corrected chi connectivity index (χ1v) is 11.6. The molecule has 2 aromatic rings. The van der Waals surface area contributed by atoms with Gasteiger partial charge in [-0.3, -0.25) is 0 Å². The van der Waals surface area contributed by atoms with E-state index in [0.717, 1.165) is 0 Å². The summed E-state index contributed by atoms with van der Waals surface area (Å²) in [6.07, 6.45) is -0.289. The number of hydrogen-bond donors (Lipinski definition) is 2. The van der Waals surface area contributed by atoms with Crippen LogP contribution in [-0.4, -0.2) is 56.7 Å². The number of ether oxygens (including phenoxy) is 1. The normalized spacial score (nSPS) is 21.6. The van der Waals surface area contributed by atoms with Crippen molar-refractivity contribution < 1.29 is 22.7 Å². The average Bonchev–Trinajstić information content (AvgIpc) is 2.75. The van der Waals surface area contributed by atoms with E-state index in [0.29, 0.717) is 12.1 Å². The van der Waals surface area contributed by atoms with Gasteiger partial charge in [-0.15, -0.1) is 0 Å². The van der Waals surface area contributed by atoms with E-state index >= 15 is 0 Å². The molecule has 0 bridgehead atoms. The maximum Gasteiger partial charge on any atom is 0.247 e. The first-order valence-electron chi connectivity index (χ1n) is 10.1. The molecule has 3 rings (SSSR count). The number of likely N-dealkylation sites (N-methyl/N-ethyl adjacent to an activating group) is 1. The van der Waals surface area contributed by atoms with Crippen molar-refractivity contribution in [2.24, 2.45) is 5.92 Å². The minimum atomic E-state index is -3.90. The van der Waals surface area contributed by atoms with E-state index in [2.05, 4.69) is 17.2 Å². The largest absolute Gasteiger partial charge is 0.487 e. The SMILES string of the molecule is CNC[C@@H]1Oc2cc(C#Cc3ccccc3F)ccc2S(=O)(=O)N([C@H](C)CO)C[C@H]1C. The number of halogens is 1. The minimum Gasteiger partial charge on any atom is -0.487 e. The number of fused-ring (bicyclic) bond motifs is 1. The van der Waals surface area contributed by atoms with Crippen LogP contribution in [0.2, 0.25) is 0 Å². The molecule has 8 heteroatoms. The van der Waals surface area contributed by atoms with Crippen molar-refractivity contribution in [2.45, 2.75) is 30.9 Å². The average molecular weight is 447 g/mol. The molecule has 1 aliphatic heterocycles. The van der Waals surface area contributed by atoms with Gasteiger partial charge >= 0.3 is 0 Å². The summed E-state index contributed by atoms with van der Waals surface area (Å²) in [4.78, 5) is 0.0252. The van der Waals surface area contributed by atoms with E-state index in [1.165, 1.54) is 16.4 Å². The fourth-order valence-corrected chi connectivity index (χ4v) is 5.28. The van der Waals surface area contributed by atoms with Crippen LogP contribution in [0, 0.1) is 23.6 Å². The van der Waals surface area contributed by atoms with Gasteiger partial charge < -0.3 is 15.2 Å². The van der Waals surface area contributed by atoms with Gasteiger partial charge in [-0.2, -0.15) is 4.31 Å². The molecule has 31 heavy (non-hydrogen) atoms. The Bertz CT molecular complexity index is 1090. The molecule has 0 aromatic heterocycles. The van der Waals surface area contributed by atoms with Crippen LogP contribution in [0.3, 0.4) is 0 Å². The topological polar surface area (TPSA) is 78.9 Å². The Labute approximate surface area is 183 Å². The molecular formula is C23H27FN2O4S. The Morgan fingerprint density at radius 3 is 2.71 bits per heavy atom. The van der Waals surface area contributed by atoms with Crippen LogP contribution in [0.15, 0.2) is 47.4 Å². The van der Waals surface area contributed by atoms with Gasteiger partial charge in [0.05, 0.1) is 12.2 Å². The molecule has 0 aliphatic carbocycles. The number of sulfonamides is 1. The van der Waals surface area contributed by atoms with Crippen LogP contribution in [-0.2, 0) is 10.0 Å². The van der Waals surface area contributed by atoms with E-state index in [4.69, 9.17) is 4.74 Å². The van der Waals surface area contributed by atoms with Crippen LogP contribution in [0.25, 0.3) is 0 Å². The number of benzene rings is 2. The summed E-state index contributed by atoms with van der Waals surface area (Å²) in [6.45, 7) is 4.05. The first-order chi connectivity index (χ1) is 14.8. The van der Waals surface area contributed by atoms with Crippen LogP contribution in [0.1, 0.15) is 25.0 Å². The molecule has 0 radical (unpaired) electrons. The molecule has 166 valence electrons. The zero-order valence-electron chi connectivity index (χ0n) is 17.8. The molecule has 0 saturated heterocycles. The van der Waals surface area contributed by atoms with Gasteiger partial charge in [0, 0.05) is 30.6 Å². The second-order valence-electron chi connectivity index (χ2n) is 7.69. The van der Waals surface area contributed by atoms with E-state index < -0.39 is 21.9 Å². The lowest BCUT2D eigenvalue weighted by atomic mass is 10.0. The third kappa shape index (κ3) is 5.08. The number of aliphatic hydroxyl groups is 1. The molecular weight excluding hydrogens is 419 g/mol. The molecule has 3 atom stereocenters. The molecule has 0 saturated carbocycles.